The largest absolute Gasteiger partial charge is 0.497 e. The molecule has 1 unspecified atom stereocenters. The maximum absolute atomic E-state index is 13.9. The van der Waals surface area contributed by atoms with E-state index in [4.69, 9.17) is 16.3 Å². The molecule has 0 spiro atoms. The summed E-state index contributed by atoms with van der Waals surface area (Å²) in [5, 5.41) is 3.22. The predicted octanol–water partition coefficient (Wildman–Crippen LogP) is 4.42. The van der Waals surface area contributed by atoms with Crippen LogP contribution in [0, 0.1) is 0 Å². The number of methoxy groups -OCH3 is 1. The second-order valence-electron chi connectivity index (χ2n) is 6.92. The summed E-state index contributed by atoms with van der Waals surface area (Å²) in [6.45, 7) is 0.474. The molecular weight excluding hydrogens is 468 g/mol. The van der Waals surface area contributed by atoms with E-state index in [2.05, 4.69) is 26.2 Å². The fraction of sp³-hybridized carbons (Fsp3) is 0.400. The summed E-state index contributed by atoms with van der Waals surface area (Å²) in [5.41, 5.74) is 1.40. The lowest BCUT2D eigenvalue weighted by Gasteiger charge is -2.33. The van der Waals surface area contributed by atoms with Gasteiger partial charge >= 0.3 is 0 Å². The number of aromatic nitrogens is 1. The fourth-order valence-corrected chi connectivity index (χ4v) is 3.72. The lowest BCUT2D eigenvalue weighted by Crippen LogP contribution is -2.52. The van der Waals surface area contributed by atoms with Crippen molar-refractivity contribution in [2.24, 2.45) is 0 Å². The third kappa shape index (κ3) is 5.87. The minimum Gasteiger partial charge on any atom is -0.497 e. The molecule has 0 aliphatic carbocycles. The van der Waals surface area contributed by atoms with E-state index in [0.29, 0.717) is 21.1 Å². The number of amides is 1. The minimum absolute atomic E-state index is 0.0961. The number of ether oxygens (including phenoxy) is 1. The van der Waals surface area contributed by atoms with Crippen molar-refractivity contribution < 1.29 is 18.3 Å². The number of alkyl halides is 2. The molecule has 29 heavy (non-hydrogen) atoms. The van der Waals surface area contributed by atoms with Crippen molar-refractivity contribution >= 4 is 33.4 Å². The standard InChI is InChI=1S/C20H21BrClF2N3O2/c1-29-14-4-2-13(3-5-14)11-27(12-17-15(21)6-7-18(22)26-17)19(28)16-10-20(23,24)8-9-25-16/h2-7,16,25H,8-12H2,1H3. The van der Waals surface area contributed by atoms with Crippen LogP contribution < -0.4 is 10.1 Å². The molecule has 1 fully saturated rings. The average Bonchev–Trinajstić information content (AvgIpc) is 2.69. The number of nitrogens with zero attached hydrogens (tertiary/aromatic N) is 2. The van der Waals surface area contributed by atoms with Crippen molar-refractivity contribution in [2.45, 2.75) is 37.9 Å². The fourth-order valence-electron chi connectivity index (χ4n) is 3.21. The highest BCUT2D eigenvalue weighted by atomic mass is 79.9. The molecule has 3 rings (SSSR count). The molecule has 1 aliphatic rings. The van der Waals surface area contributed by atoms with Crippen LogP contribution in [0.4, 0.5) is 8.78 Å². The summed E-state index contributed by atoms with van der Waals surface area (Å²) >= 11 is 9.41. The Bertz CT molecular complexity index is 867. The van der Waals surface area contributed by atoms with Gasteiger partial charge in [-0.05, 0) is 45.8 Å². The van der Waals surface area contributed by atoms with E-state index in [9.17, 15) is 13.6 Å². The third-order valence-corrected chi connectivity index (χ3v) is 5.68. The van der Waals surface area contributed by atoms with E-state index in [1.54, 1.807) is 31.4 Å². The number of carbonyl (C=O) groups excluding carboxylic acids is 1. The number of carbonyl (C=O) groups is 1. The van der Waals surface area contributed by atoms with Crippen molar-refractivity contribution in [3.8, 4) is 5.75 Å². The van der Waals surface area contributed by atoms with Gasteiger partial charge in [-0.15, -0.1) is 0 Å². The molecule has 1 aromatic carbocycles. The first-order chi connectivity index (χ1) is 13.8. The molecule has 1 amide bonds. The normalized spacial score (nSPS) is 18.3. The Morgan fingerprint density at radius 1 is 1.31 bits per heavy atom. The molecule has 0 radical (unpaired) electrons. The lowest BCUT2D eigenvalue weighted by molar-refractivity contribution is -0.140. The summed E-state index contributed by atoms with van der Waals surface area (Å²) < 4.78 is 33.6. The lowest BCUT2D eigenvalue weighted by atomic mass is 9.99. The van der Waals surface area contributed by atoms with Crippen molar-refractivity contribution in [3.63, 3.8) is 0 Å². The number of halogens is 4. The average molecular weight is 489 g/mol. The van der Waals surface area contributed by atoms with E-state index in [1.165, 1.54) is 4.90 Å². The minimum atomic E-state index is -2.85. The van der Waals surface area contributed by atoms with Gasteiger partial charge in [0.1, 0.15) is 10.9 Å². The van der Waals surface area contributed by atoms with E-state index < -0.39 is 24.3 Å². The monoisotopic (exact) mass is 487 g/mol. The molecule has 1 aliphatic heterocycles. The van der Waals surface area contributed by atoms with E-state index >= 15 is 0 Å². The molecule has 0 bridgehead atoms. The molecule has 5 nitrogen and oxygen atoms in total. The molecule has 1 saturated heterocycles. The van der Waals surface area contributed by atoms with E-state index in [-0.39, 0.29) is 26.1 Å². The first-order valence-electron chi connectivity index (χ1n) is 9.11. The number of pyridine rings is 1. The van der Waals surface area contributed by atoms with Gasteiger partial charge in [0.15, 0.2) is 0 Å². The summed E-state index contributed by atoms with van der Waals surface area (Å²) in [7, 11) is 1.57. The van der Waals surface area contributed by atoms with Crippen LogP contribution in [0.1, 0.15) is 24.1 Å². The molecule has 2 aromatic rings. The maximum Gasteiger partial charge on any atom is 0.251 e. The smallest absolute Gasteiger partial charge is 0.251 e. The Morgan fingerprint density at radius 2 is 2.03 bits per heavy atom. The first kappa shape index (κ1) is 21.9. The number of benzene rings is 1. The van der Waals surface area contributed by atoms with Gasteiger partial charge in [0.25, 0.3) is 5.92 Å². The molecular formula is C20H21BrClF2N3O2. The zero-order chi connectivity index (χ0) is 21.0. The van der Waals surface area contributed by atoms with Gasteiger partial charge < -0.3 is 15.0 Å². The van der Waals surface area contributed by atoms with Gasteiger partial charge in [-0.3, -0.25) is 4.79 Å². The van der Waals surface area contributed by atoms with Crippen LogP contribution in [0.5, 0.6) is 5.75 Å². The second kappa shape index (κ2) is 9.36. The Balaban J connectivity index is 1.85. The number of piperidine rings is 1. The highest BCUT2D eigenvalue weighted by Gasteiger charge is 2.40. The highest BCUT2D eigenvalue weighted by molar-refractivity contribution is 9.10. The van der Waals surface area contributed by atoms with Crippen molar-refractivity contribution in [2.75, 3.05) is 13.7 Å². The molecule has 156 valence electrons. The van der Waals surface area contributed by atoms with Gasteiger partial charge in [0.2, 0.25) is 5.91 Å². The number of rotatable bonds is 6. The third-order valence-electron chi connectivity index (χ3n) is 4.75. The highest BCUT2D eigenvalue weighted by Crippen LogP contribution is 2.29. The summed E-state index contributed by atoms with van der Waals surface area (Å²) in [4.78, 5) is 18.9. The molecule has 1 aromatic heterocycles. The Kier molecular flexibility index (Phi) is 7.08. The van der Waals surface area contributed by atoms with Crippen LogP contribution >= 0.6 is 27.5 Å². The Hall–Kier alpha value is -1.77. The van der Waals surface area contributed by atoms with Crippen molar-refractivity contribution in [3.05, 3.63) is 57.3 Å². The predicted molar refractivity (Wildman–Crippen MR) is 110 cm³/mol. The van der Waals surface area contributed by atoms with Gasteiger partial charge in [-0.2, -0.15) is 0 Å². The van der Waals surface area contributed by atoms with Crippen LogP contribution in [0.2, 0.25) is 5.15 Å². The molecule has 0 saturated carbocycles. The number of nitrogens with one attached hydrogen (secondary N) is 1. The summed E-state index contributed by atoms with van der Waals surface area (Å²) in [6, 6.07) is 9.68. The zero-order valence-corrected chi connectivity index (χ0v) is 18.1. The van der Waals surface area contributed by atoms with Crippen molar-refractivity contribution in [1.82, 2.24) is 15.2 Å². The maximum atomic E-state index is 13.9. The quantitative estimate of drug-likeness (QED) is 0.612. The molecule has 2 heterocycles. The zero-order valence-electron chi connectivity index (χ0n) is 15.8. The van der Waals surface area contributed by atoms with Crippen LogP contribution in [-0.2, 0) is 17.9 Å². The van der Waals surface area contributed by atoms with E-state index in [1.807, 2.05) is 12.1 Å². The number of hydrogen-bond acceptors (Lipinski definition) is 4. The van der Waals surface area contributed by atoms with Gasteiger partial charge in [0, 0.05) is 30.4 Å². The SMILES string of the molecule is COc1ccc(CN(Cc2nc(Cl)ccc2Br)C(=O)C2CC(F)(F)CCN2)cc1. The van der Waals surface area contributed by atoms with Gasteiger partial charge in [0.05, 0.1) is 25.4 Å². The van der Waals surface area contributed by atoms with Crippen LogP contribution in [0.3, 0.4) is 0 Å². The topological polar surface area (TPSA) is 54.5 Å². The molecule has 1 N–H and O–H groups in total. The number of hydrogen-bond donors (Lipinski definition) is 1. The molecule has 9 heteroatoms. The van der Waals surface area contributed by atoms with Crippen LogP contribution in [-0.4, -0.2) is 41.4 Å². The summed E-state index contributed by atoms with van der Waals surface area (Å²) in [5.74, 6) is -2.56. The van der Waals surface area contributed by atoms with Gasteiger partial charge in [-0.25, -0.2) is 13.8 Å². The van der Waals surface area contributed by atoms with Crippen LogP contribution in [0.15, 0.2) is 40.9 Å². The van der Waals surface area contributed by atoms with Crippen molar-refractivity contribution in [1.29, 1.82) is 0 Å². The van der Waals surface area contributed by atoms with Crippen LogP contribution in [0.25, 0.3) is 0 Å². The van der Waals surface area contributed by atoms with E-state index in [0.717, 1.165) is 5.56 Å². The molecule has 1 atom stereocenters. The summed E-state index contributed by atoms with van der Waals surface area (Å²) in [6.07, 6.45) is -0.786. The Labute approximate surface area is 181 Å². The second-order valence-corrected chi connectivity index (χ2v) is 8.16. The Morgan fingerprint density at radius 3 is 2.69 bits per heavy atom. The van der Waals surface area contributed by atoms with Gasteiger partial charge in [-0.1, -0.05) is 23.7 Å². The first-order valence-corrected chi connectivity index (χ1v) is 10.3.